The van der Waals surface area contributed by atoms with Crippen LogP contribution in [-0.4, -0.2) is 24.8 Å². The third-order valence-electron chi connectivity index (χ3n) is 6.92. The van der Waals surface area contributed by atoms with E-state index in [-0.39, 0.29) is 11.6 Å². The minimum atomic E-state index is -0.598. The molecule has 3 N–H and O–H groups in total. The lowest BCUT2D eigenvalue weighted by molar-refractivity contribution is -0.116. The van der Waals surface area contributed by atoms with Crippen molar-refractivity contribution < 1.29 is 19.1 Å². The number of halogens is 3. The van der Waals surface area contributed by atoms with E-state index in [9.17, 15) is 14.4 Å². The van der Waals surface area contributed by atoms with Crippen LogP contribution >= 0.6 is 46.6 Å². The van der Waals surface area contributed by atoms with Crippen molar-refractivity contribution in [3.63, 3.8) is 0 Å². The number of rotatable bonds is 11. The molecule has 1 atom stereocenters. The number of thioether (sulfide) groups is 1. The predicted molar refractivity (Wildman–Crippen MR) is 195 cm³/mol. The summed E-state index contributed by atoms with van der Waals surface area (Å²) in [6.45, 7) is 0. The maximum atomic E-state index is 13.5. The number of carbonyl (C=O) groups is 3. The molecule has 3 amide bonds. The largest absolute Gasteiger partial charge is 0.495 e. The molecule has 0 aliphatic carbocycles. The number of amides is 3. The van der Waals surface area contributed by atoms with E-state index in [1.807, 2.05) is 30.3 Å². The Labute approximate surface area is 297 Å². The molecule has 0 saturated heterocycles. The molecular formula is C37H28Cl3N3O4S. The summed E-state index contributed by atoms with van der Waals surface area (Å²) in [5, 5.41) is 9.00. The molecule has 11 heteroatoms. The summed E-state index contributed by atoms with van der Waals surface area (Å²) in [4.78, 5) is 40.8. The Bertz CT molecular complexity index is 1960. The van der Waals surface area contributed by atoms with Crippen LogP contribution in [0.5, 0.6) is 5.75 Å². The fourth-order valence-corrected chi connectivity index (χ4v) is 6.27. The van der Waals surface area contributed by atoms with E-state index in [1.54, 1.807) is 91.0 Å². The van der Waals surface area contributed by atoms with Gasteiger partial charge < -0.3 is 20.7 Å². The van der Waals surface area contributed by atoms with Crippen LogP contribution in [0.1, 0.15) is 26.7 Å². The van der Waals surface area contributed by atoms with Crippen LogP contribution in [-0.2, 0) is 9.59 Å². The van der Waals surface area contributed by atoms with Crippen LogP contribution in [0, 0.1) is 0 Å². The Morgan fingerprint density at radius 2 is 1.40 bits per heavy atom. The molecule has 5 aromatic rings. The van der Waals surface area contributed by atoms with Gasteiger partial charge in [-0.1, -0.05) is 89.4 Å². The van der Waals surface area contributed by atoms with Gasteiger partial charge in [-0.15, -0.1) is 11.8 Å². The van der Waals surface area contributed by atoms with Gasteiger partial charge in [0.1, 0.15) is 16.7 Å². The second kappa shape index (κ2) is 16.4. The molecule has 0 aliphatic rings. The summed E-state index contributed by atoms with van der Waals surface area (Å²) >= 11 is 20.0. The maximum Gasteiger partial charge on any atom is 0.272 e. The molecule has 0 radical (unpaired) electrons. The number of methoxy groups -OCH3 is 1. The quantitative estimate of drug-likeness (QED) is 0.0935. The Kier molecular flexibility index (Phi) is 11.8. The Morgan fingerprint density at radius 3 is 2.04 bits per heavy atom. The van der Waals surface area contributed by atoms with Crippen molar-refractivity contribution in [2.24, 2.45) is 0 Å². The second-order valence-corrected chi connectivity index (χ2v) is 12.7. The van der Waals surface area contributed by atoms with Gasteiger partial charge >= 0.3 is 0 Å². The van der Waals surface area contributed by atoms with E-state index in [1.165, 1.54) is 24.9 Å². The molecule has 7 nitrogen and oxygen atoms in total. The Hall–Kier alpha value is -4.73. The number of benzene rings is 5. The van der Waals surface area contributed by atoms with Gasteiger partial charge in [0.25, 0.3) is 11.8 Å². The minimum Gasteiger partial charge on any atom is -0.495 e. The van der Waals surface area contributed by atoms with Crippen LogP contribution in [0.15, 0.2) is 132 Å². The summed E-state index contributed by atoms with van der Waals surface area (Å²) in [5.74, 6) is -0.762. The minimum absolute atomic E-state index is 0.0222. The van der Waals surface area contributed by atoms with Crippen LogP contribution in [0.3, 0.4) is 0 Å². The van der Waals surface area contributed by atoms with Crippen LogP contribution < -0.4 is 20.7 Å². The number of ether oxygens (including phenoxy) is 1. The summed E-state index contributed by atoms with van der Waals surface area (Å²) in [6.07, 6.45) is 1.48. The molecular weight excluding hydrogens is 689 g/mol. The molecule has 5 rings (SSSR count). The van der Waals surface area contributed by atoms with Gasteiger partial charge in [-0.25, -0.2) is 0 Å². The fourth-order valence-electron chi connectivity index (χ4n) is 4.52. The normalized spacial score (nSPS) is 11.7. The zero-order valence-corrected chi connectivity index (χ0v) is 28.5. The highest BCUT2D eigenvalue weighted by Crippen LogP contribution is 2.37. The number of hydrogen-bond donors (Lipinski definition) is 3. The van der Waals surface area contributed by atoms with Gasteiger partial charge in [-0.2, -0.15) is 0 Å². The molecule has 0 heterocycles. The molecule has 0 aromatic heterocycles. The van der Waals surface area contributed by atoms with E-state index >= 15 is 0 Å². The van der Waals surface area contributed by atoms with Crippen LogP contribution in [0.25, 0.3) is 6.08 Å². The maximum absolute atomic E-state index is 13.5. The summed E-state index contributed by atoms with van der Waals surface area (Å²) in [7, 11) is 1.52. The standard InChI is InChI=1S/C37H28Cl3N3O4S/c1-47-33-19-16-28(22-31(33)40)42-37(46)34(23-8-4-2-5-9-23)48-29-17-14-27(15-18-29)41-36(45)32(20-25-12-13-26(38)21-30(25)39)43-35(44)24-10-6-3-7-11-24/h2-22,34H,1H3,(H,41,45)(H,42,46)(H,43,44)/b32-20-. The molecule has 0 aliphatic heterocycles. The molecule has 0 bridgehead atoms. The molecule has 0 spiro atoms. The number of hydrogen-bond acceptors (Lipinski definition) is 5. The third kappa shape index (κ3) is 9.20. The van der Waals surface area contributed by atoms with Crippen LogP contribution in [0.4, 0.5) is 11.4 Å². The SMILES string of the molecule is COc1ccc(NC(=O)C(Sc2ccc(NC(=O)/C(=C/c3ccc(Cl)cc3Cl)NC(=O)c3ccccc3)cc2)c2ccccc2)cc1Cl. The lowest BCUT2D eigenvalue weighted by Gasteiger charge is -2.18. The van der Waals surface area contributed by atoms with Gasteiger partial charge in [-0.05, 0) is 83.9 Å². The van der Waals surface area contributed by atoms with E-state index in [4.69, 9.17) is 39.5 Å². The second-order valence-electron chi connectivity index (χ2n) is 10.3. The molecule has 242 valence electrons. The molecule has 1 unspecified atom stereocenters. The number of carbonyl (C=O) groups excluding carboxylic acids is 3. The average molecular weight is 717 g/mol. The highest BCUT2D eigenvalue weighted by Gasteiger charge is 2.23. The van der Waals surface area contributed by atoms with Gasteiger partial charge in [0.05, 0.1) is 12.1 Å². The highest BCUT2D eigenvalue weighted by atomic mass is 35.5. The average Bonchev–Trinajstić information content (AvgIpc) is 3.09. The van der Waals surface area contributed by atoms with Crippen molar-refractivity contribution in [1.82, 2.24) is 5.32 Å². The topological polar surface area (TPSA) is 96.5 Å². The lowest BCUT2D eigenvalue weighted by Crippen LogP contribution is -2.30. The first-order chi connectivity index (χ1) is 23.2. The molecule has 5 aromatic carbocycles. The van der Waals surface area contributed by atoms with E-state index < -0.39 is 17.1 Å². The van der Waals surface area contributed by atoms with Gasteiger partial charge in [0, 0.05) is 31.9 Å². The zero-order chi connectivity index (χ0) is 34.0. The van der Waals surface area contributed by atoms with E-state index in [0.717, 1.165) is 10.5 Å². The third-order valence-corrected chi connectivity index (χ3v) is 9.04. The number of anilines is 2. The van der Waals surface area contributed by atoms with Crippen molar-refractivity contribution in [2.45, 2.75) is 10.1 Å². The van der Waals surface area contributed by atoms with Gasteiger partial charge in [0.15, 0.2) is 0 Å². The summed E-state index contributed by atoms with van der Waals surface area (Å²) in [6, 6.07) is 34.9. The van der Waals surface area contributed by atoms with Crippen molar-refractivity contribution in [3.05, 3.63) is 159 Å². The van der Waals surface area contributed by atoms with Crippen molar-refractivity contribution in [2.75, 3.05) is 17.7 Å². The van der Waals surface area contributed by atoms with Gasteiger partial charge in [0.2, 0.25) is 5.91 Å². The smallest absolute Gasteiger partial charge is 0.272 e. The Balaban J connectivity index is 1.34. The predicted octanol–water partition coefficient (Wildman–Crippen LogP) is 9.54. The first-order valence-corrected chi connectivity index (χ1v) is 16.5. The van der Waals surface area contributed by atoms with Crippen molar-refractivity contribution in [3.8, 4) is 5.75 Å². The summed E-state index contributed by atoms with van der Waals surface area (Å²) < 4.78 is 5.21. The first-order valence-electron chi connectivity index (χ1n) is 14.5. The van der Waals surface area contributed by atoms with E-state index in [2.05, 4.69) is 16.0 Å². The van der Waals surface area contributed by atoms with Crippen LogP contribution in [0.2, 0.25) is 15.1 Å². The Morgan fingerprint density at radius 1 is 0.729 bits per heavy atom. The molecule has 0 saturated carbocycles. The monoisotopic (exact) mass is 715 g/mol. The molecule has 0 fully saturated rings. The van der Waals surface area contributed by atoms with Gasteiger partial charge in [-0.3, -0.25) is 14.4 Å². The first kappa shape index (κ1) is 34.6. The lowest BCUT2D eigenvalue weighted by atomic mass is 10.1. The van der Waals surface area contributed by atoms with Crippen molar-refractivity contribution >= 4 is 81.7 Å². The molecule has 48 heavy (non-hydrogen) atoms. The summed E-state index contributed by atoms with van der Waals surface area (Å²) in [5.41, 5.74) is 2.67. The fraction of sp³-hybridized carbons (Fsp3) is 0.0541. The highest BCUT2D eigenvalue weighted by molar-refractivity contribution is 8.00. The van der Waals surface area contributed by atoms with E-state index in [0.29, 0.717) is 43.3 Å². The number of nitrogens with one attached hydrogen (secondary N) is 3. The van der Waals surface area contributed by atoms with Crippen molar-refractivity contribution in [1.29, 1.82) is 0 Å². The zero-order valence-electron chi connectivity index (χ0n) is 25.4.